The SMILES string of the molecule is COc1ccc2cc1-c1cccc(c1)OCC(=O)NCc1cc(F)cc(c1)O[C@@H]1CCN(C(C)=O)C[C@H]1NC2=O. The van der Waals surface area contributed by atoms with Crippen molar-refractivity contribution in [2.75, 3.05) is 26.8 Å². The molecule has 0 unspecified atom stereocenters. The molecule has 3 amide bonds. The number of methoxy groups -OCH3 is 1. The Bertz CT molecular complexity index is 1440. The average Bonchev–Trinajstić information content (AvgIpc) is 2.95. The minimum Gasteiger partial charge on any atom is -0.496 e. The zero-order chi connectivity index (χ0) is 28.2. The molecule has 10 heteroatoms. The first-order chi connectivity index (χ1) is 19.3. The van der Waals surface area contributed by atoms with Crippen molar-refractivity contribution in [2.24, 2.45) is 0 Å². The lowest BCUT2D eigenvalue weighted by Gasteiger charge is -2.38. The molecule has 0 radical (unpaired) electrons. The third kappa shape index (κ3) is 6.17. The van der Waals surface area contributed by atoms with Gasteiger partial charge in [0.15, 0.2) is 6.61 Å². The second kappa shape index (κ2) is 11.6. The van der Waals surface area contributed by atoms with Gasteiger partial charge in [0.2, 0.25) is 5.91 Å². The summed E-state index contributed by atoms with van der Waals surface area (Å²) in [4.78, 5) is 39.8. The summed E-state index contributed by atoms with van der Waals surface area (Å²) in [5, 5.41) is 5.76. The lowest BCUT2D eigenvalue weighted by atomic mass is 9.99. The van der Waals surface area contributed by atoms with E-state index in [-0.39, 0.29) is 43.2 Å². The highest BCUT2D eigenvalue weighted by atomic mass is 19.1. The zero-order valence-corrected chi connectivity index (χ0v) is 22.2. The minimum absolute atomic E-state index is 0.0718. The maximum Gasteiger partial charge on any atom is 0.258 e. The monoisotopic (exact) mass is 547 g/mol. The normalized spacial score (nSPS) is 19.3. The van der Waals surface area contributed by atoms with E-state index in [2.05, 4.69) is 10.6 Å². The van der Waals surface area contributed by atoms with Gasteiger partial charge in [-0.25, -0.2) is 4.39 Å². The van der Waals surface area contributed by atoms with E-state index in [0.717, 1.165) is 5.56 Å². The van der Waals surface area contributed by atoms with Gasteiger partial charge in [0.05, 0.1) is 13.2 Å². The van der Waals surface area contributed by atoms with Crippen LogP contribution in [-0.4, -0.2) is 61.6 Å². The van der Waals surface area contributed by atoms with Crippen LogP contribution >= 0.6 is 0 Å². The Morgan fingerprint density at radius 3 is 2.70 bits per heavy atom. The van der Waals surface area contributed by atoms with Gasteiger partial charge in [-0.05, 0) is 53.6 Å². The fourth-order valence-electron chi connectivity index (χ4n) is 4.94. The summed E-state index contributed by atoms with van der Waals surface area (Å²) < 4.78 is 31.9. The molecule has 2 heterocycles. The third-order valence-corrected chi connectivity index (χ3v) is 7.00. The van der Waals surface area contributed by atoms with Gasteiger partial charge in [0, 0.05) is 50.2 Å². The molecule has 2 atom stereocenters. The van der Waals surface area contributed by atoms with Gasteiger partial charge in [-0.15, -0.1) is 0 Å². The maximum atomic E-state index is 14.5. The molecular weight excluding hydrogens is 517 g/mol. The van der Waals surface area contributed by atoms with Gasteiger partial charge < -0.3 is 29.7 Å². The van der Waals surface area contributed by atoms with Crippen molar-refractivity contribution in [3.63, 3.8) is 0 Å². The summed E-state index contributed by atoms with van der Waals surface area (Å²) in [6, 6.07) is 15.9. The van der Waals surface area contributed by atoms with Gasteiger partial charge in [-0.3, -0.25) is 14.4 Å². The number of likely N-dealkylation sites (tertiary alicyclic amines) is 1. The molecule has 3 aromatic carbocycles. The van der Waals surface area contributed by atoms with Crippen molar-refractivity contribution in [1.82, 2.24) is 15.5 Å². The van der Waals surface area contributed by atoms with E-state index in [0.29, 0.717) is 41.2 Å². The molecule has 5 rings (SSSR count). The molecule has 0 aliphatic carbocycles. The van der Waals surface area contributed by atoms with E-state index in [1.54, 1.807) is 54.5 Å². The highest BCUT2D eigenvalue weighted by molar-refractivity contribution is 5.96. The van der Waals surface area contributed by atoms with E-state index >= 15 is 0 Å². The Balaban J connectivity index is 1.54. The summed E-state index contributed by atoms with van der Waals surface area (Å²) in [5.41, 5.74) is 2.28. The van der Waals surface area contributed by atoms with Gasteiger partial charge in [0.25, 0.3) is 11.8 Å². The fraction of sp³-hybridized carbons (Fsp3) is 0.300. The molecule has 1 saturated heterocycles. The molecule has 40 heavy (non-hydrogen) atoms. The summed E-state index contributed by atoms with van der Waals surface area (Å²) in [6.45, 7) is 1.99. The smallest absolute Gasteiger partial charge is 0.258 e. The maximum absolute atomic E-state index is 14.5. The van der Waals surface area contributed by atoms with E-state index < -0.39 is 18.0 Å². The second-order valence-electron chi connectivity index (χ2n) is 9.79. The molecule has 2 aliphatic rings. The van der Waals surface area contributed by atoms with Crippen LogP contribution in [0.2, 0.25) is 0 Å². The van der Waals surface area contributed by atoms with E-state index in [9.17, 15) is 18.8 Å². The molecule has 6 bridgehead atoms. The Morgan fingerprint density at radius 2 is 1.90 bits per heavy atom. The number of amides is 3. The molecule has 9 nitrogen and oxygen atoms in total. The predicted octanol–water partition coefficient (Wildman–Crippen LogP) is 3.31. The van der Waals surface area contributed by atoms with Crippen LogP contribution in [0.5, 0.6) is 17.2 Å². The number of hydrogen-bond donors (Lipinski definition) is 2. The van der Waals surface area contributed by atoms with Crippen molar-refractivity contribution in [1.29, 1.82) is 0 Å². The predicted molar refractivity (Wildman–Crippen MR) is 145 cm³/mol. The number of carbonyl (C=O) groups is 3. The van der Waals surface area contributed by atoms with Gasteiger partial charge in [0.1, 0.15) is 29.2 Å². The summed E-state index contributed by atoms with van der Waals surface area (Å²) in [7, 11) is 1.54. The minimum atomic E-state index is -0.555. The number of rotatable bonds is 1. The van der Waals surface area contributed by atoms with Crippen LogP contribution in [0.1, 0.15) is 29.3 Å². The Kier molecular flexibility index (Phi) is 7.86. The number of halogens is 1. The highest BCUT2D eigenvalue weighted by Crippen LogP contribution is 2.33. The van der Waals surface area contributed by atoms with Gasteiger partial charge >= 0.3 is 0 Å². The van der Waals surface area contributed by atoms with Crippen LogP contribution < -0.4 is 24.8 Å². The largest absolute Gasteiger partial charge is 0.496 e. The number of fused-ring (bicyclic) bond motifs is 8. The van der Waals surface area contributed by atoms with Crippen LogP contribution in [0.3, 0.4) is 0 Å². The van der Waals surface area contributed by atoms with E-state index in [4.69, 9.17) is 14.2 Å². The Hall–Kier alpha value is -4.60. The van der Waals surface area contributed by atoms with Gasteiger partial charge in [-0.1, -0.05) is 12.1 Å². The number of nitrogens with one attached hydrogen (secondary N) is 2. The molecule has 1 fully saturated rings. The van der Waals surface area contributed by atoms with Crippen molar-refractivity contribution >= 4 is 17.7 Å². The lowest BCUT2D eigenvalue weighted by molar-refractivity contribution is -0.131. The van der Waals surface area contributed by atoms with Crippen LogP contribution in [-0.2, 0) is 16.1 Å². The van der Waals surface area contributed by atoms with Crippen molar-refractivity contribution in [2.45, 2.75) is 32.0 Å². The molecular formula is C30H30FN3O6. The number of ether oxygens (including phenoxy) is 3. The van der Waals surface area contributed by atoms with E-state index in [1.165, 1.54) is 19.1 Å². The van der Waals surface area contributed by atoms with E-state index in [1.807, 2.05) is 6.07 Å². The topological polar surface area (TPSA) is 106 Å². The molecule has 208 valence electrons. The second-order valence-corrected chi connectivity index (χ2v) is 9.79. The van der Waals surface area contributed by atoms with Crippen LogP contribution in [0.4, 0.5) is 4.39 Å². The number of nitrogens with zero attached hydrogens (tertiary/aromatic N) is 1. The van der Waals surface area contributed by atoms with Crippen molar-refractivity contribution in [3.8, 4) is 28.4 Å². The first-order valence-electron chi connectivity index (χ1n) is 13.0. The standard InChI is InChI=1S/C30H30FN3O6/c1-18(35)34-9-8-28-26(16-34)33-30(37)21-6-7-27(38-2)25(13-21)20-4-3-5-23(12-20)39-17-29(36)32-15-19-10-22(31)14-24(11-19)40-28/h3-7,10-14,26,28H,8-9,15-17H2,1-2H3,(H,32,36)(H,33,37)/t26-,28-/m1/s1. The number of hydrogen-bond acceptors (Lipinski definition) is 6. The van der Waals surface area contributed by atoms with Crippen LogP contribution in [0.25, 0.3) is 11.1 Å². The van der Waals surface area contributed by atoms with Crippen molar-refractivity contribution in [3.05, 3.63) is 77.6 Å². The quantitative estimate of drug-likeness (QED) is 0.484. The first kappa shape index (κ1) is 27.0. The summed E-state index contributed by atoms with van der Waals surface area (Å²) in [6.07, 6.45) is -0.0841. The molecule has 0 saturated carbocycles. The van der Waals surface area contributed by atoms with Crippen molar-refractivity contribution < 1.29 is 33.0 Å². The molecule has 0 aromatic heterocycles. The molecule has 3 aromatic rings. The Morgan fingerprint density at radius 1 is 1.05 bits per heavy atom. The highest BCUT2D eigenvalue weighted by Gasteiger charge is 2.33. The fourth-order valence-corrected chi connectivity index (χ4v) is 4.94. The lowest BCUT2D eigenvalue weighted by Crippen LogP contribution is -2.57. The molecule has 2 aliphatic heterocycles. The average molecular weight is 548 g/mol. The van der Waals surface area contributed by atoms with Crippen LogP contribution in [0.15, 0.2) is 60.7 Å². The molecule has 0 spiro atoms. The van der Waals surface area contributed by atoms with Gasteiger partial charge in [-0.2, -0.15) is 0 Å². The Labute approximate surface area is 231 Å². The number of benzene rings is 3. The number of carbonyl (C=O) groups excluding carboxylic acids is 3. The molecule has 2 N–H and O–H groups in total. The van der Waals surface area contributed by atoms with Crippen LogP contribution in [0, 0.1) is 5.82 Å². The zero-order valence-electron chi connectivity index (χ0n) is 22.2. The summed E-state index contributed by atoms with van der Waals surface area (Å²) >= 11 is 0. The first-order valence-corrected chi connectivity index (χ1v) is 13.0. The third-order valence-electron chi connectivity index (χ3n) is 7.00. The summed E-state index contributed by atoms with van der Waals surface area (Å²) in [5.74, 6) is -0.0802. The number of piperidine rings is 1.